The maximum atomic E-state index is 15.4. The van der Waals surface area contributed by atoms with Gasteiger partial charge in [0.2, 0.25) is 0 Å². The van der Waals surface area contributed by atoms with Crippen LogP contribution in [0.15, 0.2) is 54.7 Å². The van der Waals surface area contributed by atoms with Crippen molar-refractivity contribution >= 4 is 28.0 Å². The van der Waals surface area contributed by atoms with Crippen LogP contribution in [0.1, 0.15) is 5.56 Å². The zero-order valence-electron chi connectivity index (χ0n) is 27.9. The molecule has 0 amide bonds. The maximum Gasteiger partial charge on any atom is 0.359 e. The van der Waals surface area contributed by atoms with E-state index in [1.54, 1.807) is 16.8 Å². The van der Waals surface area contributed by atoms with Crippen LogP contribution in [0.3, 0.4) is 0 Å². The highest BCUT2D eigenvalue weighted by Gasteiger charge is 2.52. The van der Waals surface area contributed by atoms with Crippen molar-refractivity contribution in [2.45, 2.75) is 6.54 Å². The van der Waals surface area contributed by atoms with Crippen LogP contribution in [0.4, 0.5) is 92.2 Å². The molecule has 6 rings (SSSR count). The molecule has 0 aliphatic carbocycles. The van der Waals surface area contributed by atoms with E-state index in [1.165, 1.54) is 6.07 Å². The van der Waals surface area contributed by atoms with Crippen molar-refractivity contribution in [1.29, 1.82) is 0 Å². The van der Waals surface area contributed by atoms with Gasteiger partial charge in [0, 0.05) is 17.7 Å². The van der Waals surface area contributed by atoms with Crippen molar-refractivity contribution < 1.29 is 96.8 Å². The third-order valence-electron chi connectivity index (χ3n) is 8.79. The minimum atomic E-state index is -7.22. The molecular weight excluding hydrogens is 856 g/mol. The van der Waals surface area contributed by atoms with E-state index in [0.29, 0.717) is 6.54 Å². The van der Waals surface area contributed by atoms with E-state index >= 15 is 35.1 Å². The second-order valence-electron chi connectivity index (χ2n) is 11.9. The van der Waals surface area contributed by atoms with Crippen molar-refractivity contribution in [3.63, 3.8) is 0 Å². The Morgan fingerprint density at radius 3 is 0.780 bits per heavy atom. The van der Waals surface area contributed by atoms with Gasteiger partial charge < -0.3 is 0 Å². The third kappa shape index (κ3) is 6.88. The van der Waals surface area contributed by atoms with Crippen LogP contribution in [-0.4, -0.2) is 6.15 Å². The lowest BCUT2D eigenvalue weighted by Crippen LogP contribution is -2.81. The van der Waals surface area contributed by atoms with Gasteiger partial charge in [-0.2, -0.15) is 4.57 Å². The largest absolute Gasteiger partial charge is 0.359 e. The second-order valence-corrected chi connectivity index (χ2v) is 11.9. The number of hydrogen-bond acceptors (Lipinski definition) is 0. The van der Waals surface area contributed by atoms with Crippen LogP contribution in [0.25, 0.3) is 0 Å². The number of hydrogen-bond donors (Lipinski definition) is 0. The SMILES string of the molecule is Fc1c(F)c(F)c([B-](c2c(F)c(F)c(F)c(F)c2F)(c2c(F)c(F)c(F)c(F)c2F)c2c(F)c(F)c(F)c(F)c2F)c(F)c1F.Fc1cccc[n+]1Cc1ccccc1. The van der Waals surface area contributed by atoms with Crippen LogP contribution >= 0.6 is 0 Å². The van der Waals surface area contributed by atoms with E-state index in [1.807, 2.05) is 36.4 Å². The highest BCUT2D eigenvalue weighted by Crippen LogP contribution is 2.30. The maximum absolute atomic E-state index is 15.4. The van der Waals surface area contributed by atoms with Crippen molar-refractivity contribution in [1.82, 2.24) is 0 Å². The Balaban J connectivity index is 0.000000395. The fourth-order valence-electron chi connectivity index (χ4n) is 6.24. The lowest BCUT2D eigenvalue weighted by Gasteiger charge is -2.44. The Morgan fingerprint density at radius 1 is 0.288 bits per heavy atom. The minimum Gasteiger partial charge on any atom is -0.207 e. The summed E-state index contributed by atoms with van der Waals surface area (Å²) in [5.74, 6) is -71.6. The molecule has 0 aliphatic rings. The molecule has 0 spiro atoms. The van der Waals surface area contributed by atoms with E-state index in [9.17, 15) is 57.1 Å². The van der Waals surface area contributed by atoms with Gasteiger partial charge in [-0.15, -0.1) is 26.2 Å². The molecule has 0 saturated carbocycles. The molecule has 59 heavy (non-hydrogen) atoms. The fourth-order valence-corrected chi connectivity index (χ4v) is 6.24. The van der Waals surface area contributed by atoms with Crippen molar-refractivity contribution in [3.8, 4) is 0 Å². The highest BCUT2D eigenvalue weighted by atomic mass is 19.2. The van der Waals surface area contributed by atoms with Crippen LogP contribution in [0.5, 0.6) is 0 Å². The summed E-state index contributed by atoms with van der Waals surface area (Å²) in [6.45, 7) is 0.577. The molecule has 0 aliphatic heterocycles. The Labute approximate surface area is 314 Å². The summed E-state index contributed by atoms with van der Waals surface area (Å²) >= 11 is 0. The third-order valence-corrected chi connectivity index (χ3v) is 8.79. The van der Waals surface area contributed by atoms with Gasteiger partial charge in [-0.05, 0) is 6.07 Å². The molecule has 310 valence electrons. The molecule has 0 saturated heterocycles. The summed E-state index contributed by atoms with van der Waals surface area (Å²) in [6.07, 6.45) is -5.48. The molecule has 1 heterocycles. The highest BCUT2D eigenvalue weighted by molar-refractivity contribution is 7.20. The predicted octanol–water partition coefficient (Wildman–Crippen LogP) is 8.01. The Hall–Kier alpha value is -6.16. The molecule has 0 atom stereocenters. The molecule has 0 radical (unpaired) electrons. The molecule has 1 nitrogen and oxygen atoms in total. The van der Waals surface area contributed by atoms with Gasteiger partial charge in [-0.3, -0.25) is 0 Å². The molecule has 0 fully saturated rings. The predicted molar refractivity (Wildman–Crippen MR) is 161 cm³/mol. The average molecular weight is 867 g/mol. The number of halogens is 21. The summed E-state index contributed by atoms with van der Waals surface area (Å²) in [6, 6.07) is 14.8. The van der Waals surface area contributed by atoms with E-state index in [-0.39, 0.29) is 5.95 Å². The summed E-state index contributed by atoms with van der Waals surface area (Å²) in [7, 11) is 0. The van der Waals surface area contributed by atoms with E-state index in [4.69, 9.17) is 0 Å². The molecule has 1 aromatic heterocycles. The summed E-state index contributed by atoms with van der Waals surface area (Å²) in [5, 5.41) is 0. The topological polar surface area (TPSA) is 3.88 Å². The first kappa shape index (κ1) is 44.0. The van der Waals surface area contributed by atoms with Gasteiger partial charge in [-0.25, -0.2) is 87.8 Å². The van der Waals surface area contributed by atoms with E-state index in [0.717, 1.165) is 5.56 Å². The Kier molecular flexibility index (Phi) is 12.1. The van der Waals surface area contributed by atoms with Crippen molar-refractivity contribution in [2.24, 2.45) is 0 Å². The molecule has 5 aromatic carbocycles. The number of pyridine rings is 1. The zero-order valence-corrected chi connectivity index (χ0v) is 27.9. The normalized spacial score (nSPS) is 11.5. The first-order chi connectivity index (χ1) is 27.6. The molecule has 0 N–H and O–H groups in total. The first-order valence-electron chi connectivity index (χ1n) is 15.5. The molecular formula is C36H11BF21N. The van der Waals surface area contributed by atoms with E-state index < -0.39 is 144 Å². The van der Waals surface area contributed by atoms with Gasteiger partial charge in [0.05, 0.1) is 0 Å². The van der Waals surface area contributed by atoms with Crippen LogP contribution in [0, 0.1) is 122 Å². The number of rotatable bonds is 6. The number of benzene rings is 5. The van der Waals surface area contributed by atoms with Crippen molar-refractivity contribution in [2.75, 3.05) is 0 Å². The van der Waals surface area contributed by atoms with Crippen molar-refractivity contribution in [3.05, 3.63) is 183 Å². The Morgan fingerprint density at radius 2 is 0.525 bits per heavy atom. The summed E-state index contributed by atoms with van der Waals surface area (Å²) in [5.41, 5.74) is -13.2. The number of aromatic nitrogens is 1. The lowest BCUT2D eigenvalue weighted by molar-refractivity contribution is -0.716. The van der Waals surface area contributed by atoms with Crippen LogP contribution in [0.2, 0.25) is 0 Å². The second kappa shape index (κ2) is 16.2. The van der Waals surface area contributed by atoms with Crippen LogP contribution in [-0.2, 0) is 6.54 Å². The first-order valence-corrected chi connectivity index (χ1v) is 15.5. The lowest BCUT2D eigenvalue weighted by atomic mass is 9.12. The fraction of sp³-hybridized carbons (Fsp3) is 0.0278. The summed E-state index contributed by atoms with van der Waals surface area (Å²) < 4.78 is 309. The molecule has 0 unspecified atom stereocenters. The Bertz CT molecular complexity index is 2270. The van der Waals surface area contributed by atoms with Gasteiger partial charge >= 0.3 is 5.95 Å². The standard InChI is InChI=1S/C24BF20.C12H11FN/c26-5-1(6(27)14(35)21(42)13(5)34)25(2-7(28)15(36)22(43)16(37)8(2)29,3-9(30)17(38)23(44)18(39)10(3)31)4-11(32)19(40)24(45)20(41)12(4)33;13-12-8-4-5-9-14(12)10-11-6-2-1-3-7-11/h;1-9H,10H2/q-1;+1. The van der Waals surface area contributed by atoms with Gasteiger partial charge in [0.25, 0.3) is 0 Å². The zero-order chi connectivity index (χ0) is 44.2. The van der Waals surface area contributed by atoms with Crippen LogP contribution < -0.4 is 26.4 Å². The van der Waals surface area contributed by atoms with E-state index in [2.05, 4.69) is 0 Å². The smallest absolute Gasteiger partial charge is 0.207 e. The molecule has 6 aromatic rings. The molecule has 0 bridgehead atoms. The monoisotopic (exact) mass is 867 g/mol. The van der Waals surface area contributed by atoms with Gasteiger partial charge in [-0.1, -0.05) is 30.3 Å². The average Bonchev–Trinajstić information content (AvgIpc) is 3.22. The molecule has 23 heteroatoms. The minimum absolute atomic E-state index is 0.212. The van der Waals surface area contributed by atoms with Gasteiger partial charge in [0.15, 0.2) is 82.5 Å². The summed E-state index contributed by atoms with van der Waals surface area (Å²) in [4.78, 5) is 0. The quantitative estimate of drug-likeness (QED) is 0.0400. The van der Waals surface area contributed by atoms with Gasteiger partial charge in [0.1, 0.15) is 52.7 Å². The number of nitrogens with zero attached hydrogens (tertiary/aromatic N) is 1.